The lowest BCUT2D eigenvalue weighted by molar-refractivity contribution is 0.101. The smallest absolute Gasteiger partial charge is 0.159 e. The zero-order chi connectivity index (χ0) is 15.7. The van der Waals surface area contributed by atoms with Crippen LogP contribution in [0.1, 0.15) is 35.9 Å². The minimum absolute atomic E-state index is 0.0333. The van der Waals surface area contributed by atoms with Gasteiger partial charge in [0, 0.05) is 24.2 Å². The first-order chi connectivity index (χ1) is 10.6. The molecule has 0 aliphatic carbocycles. The summed E-state index contributed by atoms with van der Waals surface area (Å²) in [5.41, 5.74) is 9.16. The molecule has 2 heterocycles. The molecule has 0 spiro atoms. The molecule has 2 aromatic rings. The van der Waals surface area contributed by atoms with Gasteiger partial charge in [-0.15, -0.1) is 0 Å². The molecule has 1 aromatic carbocycles. The first-order valence-corrected chi connectivity index (χ1v) is 7.56. The van der Waals surface area contributed by atoms with Gasteiger partial charge in [-0.05, 0) is 32.8 Å². The summed E-state index contributed by atoms with van der Waals surface area (Å²) < 4.78 is 0. The molecule has 0 unspecified atom stereocenters. The Balaban J connectivity index is 2.10. The lowest BCUT2D eigenvalue weighted by Gasteiger charge is -2.20. The van der Waals surface area contributed by atoms with E-state index in [0.29, 0.717) is 22.8 Å². The average Bonchev–Trinajstić information content (AvgIpc) is 3.03. The molecular formula is C17H20N4O. The number of aryl methyl sites for hydroxylation is 1. The minimum Gasteiger partial charge on any atom is -0.394 e. The fourth-order valence-electron chi connectivity index (χ4n) is 2.84. The van der Waals surface area contributed by atoms with Gasteiger partial charge in [0.05, 0.1) is 5.69 Å². The van der Waals surface area contributed by atoms with Gasteiger partial charge < -0.3 is 10.6 Å². The van der Waals surface area contributed by atoms with Crippen LogP contribution in [-0.4, -0.2) is 28.8 Å². The van der Waals surface area contributed by atoms with Crippen molar-refractivity contribution >= 4 is 17.3 Å². The molecule has 3 rings (SSSR count). The molecule has 1 aliphatic rings. The van der Waals surface area contributed by atoms with Gasteiger partial charge in [-0.1, -0.05) is 18.2 Å². The fraction of sp³-hybridized carbons (Fsp3) is 0.353. The Bertz CT molecular complexity index is 721. The van der Waals surface area contributed by atoms with Crippen molar-refractivity contribution in [3.8, 4) is 11.3 Å². The highest BCUT2D eigenvalue weighted by molar-refractivity contribution is 5.95. The van der Waals surface area contributed by atoms with Gasteiger partial charge in [-0.2, -0.15) is 0 Å². The maximum atomic E-state index is 11.6. The van der Waals surface area contributed by atoms with Crippen LogP contribution in [0, 0.1) is 6.92 Å². The first-order valence-electron chi connectivity index (χ1n) is 7.56. The van der Waals surface area contributed by atoms with Crippen molar-refractivity contribution in [1.82, 2.24) is 9.97 Å². The van der Waals surface area contributed by atoms with Gasteiger partial charge in [0.25, 0.3) is 0 Å². The van der Waals surface area contributed by atoms with Crippen molar-refractivity contribution < 1.29 is 4.79 Å². The Morgan fingerprint density at radius 3 is 2.64 bits per heavy atom. The number of rotatable bonds is 3. The molecule has 0 radical (unpaired) electrons. The molecule has 5 heteroatoms. The Hall–Kier alpha value is -2.43. The van der Waals surface area contributed by atoms with E-state index in [1.807, 2.05) is 25.1 Å². The topological polar surface area (TPSA) is 72.1 Å². The number of Topliss-reactive ketones (excluding diaryl/α,β-unsaturated/α-hetero) is 1. The SMILES string of the molecule is CC(=O)c1cccc(-c2nc(C)nc(N3CCCC3)c2N)c1. The molecule has 1 saturated heterocycles. The Morgan fingerprint density at radius 2 is 1.95 bits per heavy atom. The predicted octanol–water partition coefficient (Wildman–Crippen LogP) is 2.84. The lowest BCUT2D eigenvalue weighted by Crippen LogP contribution is -2.21. The van der Waals surface area contributed by atoms with Crippen LogP contribution in [0.2, 0.25) is 0 Å². The number of nitrogen functional groups attached to an aromatic ring is 1. The summed E-state index contributed by atoms with van der Waals surface area (Å²) in [6.45, 7) is 5.39. The number of aromatic nitrogens is 2. The third-order valence-electron chi connectivity index (χ3n) is 3.99. The lowest BCUT2D eigenvalue weighted by atomic mass is 10.0. The molecule has 0 saturated carbocycles. The van der Waals surface area contributed by atoms with Crippen LogP contribution < -0.4 is 10.6 Å². The molecule has 1 aromatic heterocycles. The number of anilines is 2. The zero-order valence-electron chi connectivity index (χ0n) is 13.0. The number of carbonyl (C=O) groups is 1. The maximum absolute atomic E-state index is 11.6. The van der Waals surface area contributed by atoms with Crippen LogP contribution in [0.15, 0.2) is 24.3 Å². The van der Waals surface area contributed by atoms with Crippen LogP contribution in [0.5, 0.6) is 0 Å². The molecule has 1 fully saturated rings. The summed E-state index contributed by atoms with van der Waals surface area (Å²) in [6, 6.07) is 7.43. The monoisotopic (exact) mass is 296 g/mol. The van der Waals surface area contributed by atoms with E-state index in [9.17, 15) is 4.79 Å². The Kier molecular flexibility index (Phi) is 3.79. The Morgan fingerprint density at radius 1 is 1.23 bits per heavy atom. The number of nitrogens with zero attached hydrogens (tertiary/aromatic N) is 3. The summed E-state index contributed by atoms with van der Waals surface area (Å²) >= 11 is 0. The number of hydrogen-bond donors (Lipinski definition) is 1. The minimum atomic E-state index is 0.0333. The van der Waals surface area contributed by atoms with Crippen LogP contribution in [0.3, 0.4) is 0 Å². The zero-order valence-corrected chi connectivity index (χ0v) is 13.0. The van der Waals surface area contributed by atoms with E-state index < -0.39 is 0 Å². The van der Waals surface area contributed by atoms with Crippen LogP contribution in [0.4, 0.5) is 11.5 Å². The van der Waals surface area contributed by atoms with Gasteiger partial charge in [0.15, 0.2) is 11.6 Å². The predicted molar refractivity (Wildman–Crippen MR) is 88.1 cm³/mol. The van der Waals surface area contributed by atoms with Gasteiger partial charge in [-0.25, -0.2) is 9.97 Å². The first kappa shape index (κ1) is 14.5. The van der Waals surface area contributed by atoms with Crippen molar-refractivity contribution in [2.24, 2.45) is 0 Å². The van der Waals surface area contributed by atoms with E-state index in [4.69, 9.17) is 5.73 Å². The third kappa shape index (κ3) is 2.66. The standard InChI is InChI=1S/C17H20N4O/c1-11(22)13-6-5-7-14(10-13)16-15(18)17(20-12(2)19-16)21-8-3-4-9-21/h5-7,10H,3-4,8-9,18H2,1-2H3. The summed E-state index contributed by atoms with van der Waals surface area (Å²) in [5.74, 6) is 1.54. The molecule has 0 atom stereocenters. The van der Waals surface area contributed by atoms with E-state index >= 15 is 0 Å². The normalized spacial score (nSPS) is 14.4. The van der Waals surface area contributed by atoms with Crippen molar-refractivity contribution in [1.29, 1.82) is 0 Å². The molecule has 0 bridgehead atoms. The number of carbonyl (C=O) groups excluding carboxylic acids is 1. The highest BCUT2D eigenvalue weighted by Crippen LogP contribution is 2.33. The van der Waals surface area contributed by atoms with Crippen molar-refractivity contribution in [3.63, 3.8) is 0 Å². The second-order valence-corrected chi connectivity index (χ2v) is 5.69. The fourth-order valence-corrected chi connectivity index (χ4v) is 2.84. The van der Waals surface area contributed by atoms with Crippen LogP contribution >= 0.6 is 0 Å². The Labute approximate surface area is 130 Å². The number of hydrogen-bond acceptors (Lipinski definition) is 5. The molecular weight excluding hydrogens is 276 g/mol. The average molecular weight is 296 g/mol. The molecule has 22 heavy (non-hydrogen) atoms. The summed E-state index contributed by atoms with van der Waals surface area (Å²) in [5, 5.41) is 0. The van der Waals surface area contributed by atoms with E-state index in [1.54, 1.807) is 13.0 Å². The van der Waals surface area contributed by atoms with Crippen molar-refractivity contribution in [2.75, 3.05) is 23.7 Å². The summed E-state index contributed by atoms with van der Waals surface area (Å²) in [6.07, 6.45) is 2.33. The number of ketones is 1. The summed E-state index contributed by atoms with van der Waals surface area (Å²) in [4.78, 5) is 22.8. The van der Waals surface area contributed by atoms with Crippen LogP contribution in [0.25, 0.3) is 11.3 Å². The molecule has 114 valence electrons. The highest BCUT2D eigenvalue weighted by Gasteiger charge is 2.20. The van der Waals surface area contributed by atoms with Gasteiger partial charge >= 0.3 is 0 Å². The van der Waals surface area contributed by atoms with Gasteiger partial charge in [0.1, 0.15) is 11.5 Å². The van der Waals surface area contributed by atoms with E-state index in [-0.39, 0.29) is 5.78 Å². The molecule has 2 N–H and O–H groups in total. The molecule has 5 nitrogen and oxygen atoms in total. The van der Waals surface area contributed by atoms with Gasteiger partial charge in [0.2, 0.25) is 0 Å². The third-order valence-corrected chi connectivity index (χ3v) is 3.99. The van der Waals surface area contributed by atoms with Crippen molar-refractivity contribution in [3.05, 3.63) is 35.7 Å². The maximum Gasteiger partial charge on any atom is 0.159 e. The van der Waals surface area contributed by atoms with Crippen molar-refractivity contribution in [2.45, 2.75) is 26.7 Å². The van der Waals surface area contributed by atoms with Gasteiger partial charge in [-0.3, -0.25) is 4.79 Å². The molecule has 1 aliphatic heterocycles. The second kappa shape index (κ2) is 5.75. The van der Waals surface area contributed by atoms with E-state index in [2.05, 4.69) is 14.9 Å². The van der Waals surface area contributed by atoms with E-state index in [0.717, 1.165) is 37.3 Å². The molecule has 0 amide bonds. The quantitative estimate of drug-likeness (QED) is 0.882. The number of nitrogens with two attached hydrogens (primary N) is 1. The number of benzene rings is 1. The second-order valence-electron chi connectivity index (χ2n) is 5.69. The highest BCUT2D eigenvalue weighted by atomic mass is 16.1. The largest absolute Gasteiger partial charge is 0.394 e. The summed E-state index contributed by atoms with van der Waals surface area (Å²) in [7, 11) is 0. The van der Waals surface area contributed by atoms with E-state index in [1.165, 1.54) is 0 Å². The van der Waals surface area contributed by atoms with Crippen LogP contribution in [-0.2, 0) is 0 Å².